The first kappa shape index (κ1) is 15.8. The third kappa shape index (κ3) is 11.9. The molecular formula is C3H15Cl3O3Si5. The van der Waals surface area contributed by atoms with Crippen molar-refractivity contribution in [3.05, 3.63) is 0 Å². The third-order valence-corrected chi connectivity index (χ3v) is 10.8. The van der Waals surface area contributed by atoms with Crippen LogP contribution in [0.2, 0.25) is 18.6 Å². The van der Waals surface area contributed by atoms with E-state index < -0.39 is 35.1 Å². The lowest BCUT2D eigenvalue weighted by atomic mass is 11.0. The van der Waals surface area contributed by atoms with Crippen molar-refractivity contribution in [2.24, 2.45) is 0 Å². The summed E-state index contributed by atoms with van der Waals surface area (Å²) in [5, 5.41) is 0. The lowest BCUT2D eigenvalue weighted by Gasteiger charge is -2.13. The molecule has 0 rings (SSSR count). The Balaban J connectivity index is 3.32. The van der Waals surface area contributed by atoms with E-state index in [1.165, 1.54) is 0 Å². The van der Waals surface area contributed by atoms with Crippen LogP contribution in [0.4, 0.5) is 0 Å². The summed E-state index contributed by atoms with van der Waals surface area (Å²) in [7, 11) is -1.90. The van der Waals surface area contributed by atoms with Crippen molar-refractivity contribution in [1.29, 1.82) is 0 Å². The third-order valence-electron chi connectivity index (χ3n) is 1.47. The number of rotatable bonds is 8. The van der Waals surface area contributed by atoms with E-state index in [1.807, 2.05) is 0 Å². The van der Waals surface area contributed by atoms with Crippen LogP contribution in [0.15, 0.2) is 0 Å². The molecule has 0 spiro atoms. The molecule has 1 unspecified atom stereocenters. The maximum atomic E-state index is 5.77. The van der Waals surface area contributed by atoms with Gasteiger partial charge in [0.05, 0.1) is 0 Å². The van der Waals surface area contributed by atoms with Crippen LogP contribution in [-0.2, 0) is 12.3 Å². The summed E-state index contributed by atoms with van der Waals surface area (Å²) in [5.74, 6) is 0. The van der Waals surface area contributed by atoms with Crippen LogP contribution in [0.1, 0.15) is 0 Å². The monoisotopic (exact) mass is 344 g/mol. The van der Waals surface area contributed by atoms with E-state index in [0.717, 1.165) is 16.5 Å². The molecule has 0 N–H and O–H groups in total. The van der Waals surface area contributed by atoms with E-state index in [-0.39, 0.29) is 0 Å². The SMILES string of the molecule is C[SiH](CC[Si](Cl)(Cl)Cl)O[SiH2]O[SiH2]O[SiH3]. The van der Waals surface area contributed by atoms with Crippen molar-refractivity contribution < 1.29 is 12.3 Å². The molecule has 14 heavy (non-hydrogen) atoms. The molecule has 0 fully saturated rings. The summed E-state index contributed by atoms with van der Waals surface area (Å²) in [6.07, 6.45) is 0. The Labute approximate surface area is 109 Å². The molecule has 0 heterocycles. The zero-order chi connectivity index (χ0) is 11.0. The Morgan fingerprint density at radius 2 is 2.00 bits per heavy atom. The predicted molar refractivity (Wildman–Crippen MR) is 76.2 cm³/mol. The van der Waals surface area contributed by atoms with Gasteiger partial charge in [0, 0.05) is 0 Å². The lowest BCUT2D eigenvalue weighted by Crippen LogP contribution is -2.22. The molecule has 1 atom stereocenters. The number of hydrogen-bond acceptors (Lipinski definition) is 3. The van der Waals surface area contributed by atoms with Crippen molar-refractivity contribution in [1.82, 2.24) is 0 Å². The highest BCUT2D eigenvalue weighted by Crippen LogP contribution is 2.27. The van der Waals surface area contributed by atoms with Gasteiger partial charge in [-0.15, -0.1) is 33.2 Å². The van der Waals surface area contributed by atoms with Crippen LogP contribution >= 0.6 is 33.2 Å². The van der Waals surface area contributed by atoms with E-state index in [9.17, 15) is 0 Å². The molecule has 0 amide bonds. The summed E-state index contributed by atoms with van der Waals surface area (Å²) >= 11 is 17.3. The fourth-order valence-electron chi connectivity index (χ4n) is 0.732. The van der Waals surface area contributed by atoms with Crippen LogP contribution in [0.3, 0.4) is 0 Å². The maximum absolute atomic E-state index is 5.77. The molecule has 0 radical (unpaired) electrons. The van der Waals surface area contributed by atoms with Crippen molar-refractivity contribution in [3.8, 4) is 0 Å². The van der Waals surface area contributed by atoms with Gasteiger partial charge < -0.3 is 12.3 Å². The highest BCUT2D eigenvalue weighted by atomic mass is 35.8. The highest BCUT2D eigenvalue weighted by molar-refractivity contribution is 7.64. The maximum Gasteiger partial charge on any atom is 0.341 e. The quantitative estimate of drug-likeness (QED) is 0.331. The van der Waals surface area contributed by atoms with Gasteiger partial charge >= 0.3 is 6.00 Å². The Morgan fingerprint density at radius 3 is 2.50 bits per heavy atom. The van der Waals surface area contributed by atoms with Crippen LogP contribution in [-0.4, -0.2) is 45.5 Å². The number of halogens is 3. The summed E-state index contributed by atoms with van der Waals surface area (Å²) in [5.41, 5.74) is 0. The van der Waals surface area contributed by atoms with E-state index in [0.29, 0.717) is 6.04 Å². The molecule has 0 aromatic carbocycles. The molecule has 0 aliphatic rings. The Morgan fingerprint density at radius 1 is 1.36 bits per heavy atom. The van der Waals surface area contributed by atoms with Crippen LogP contribution in [0, 0.1) is 0 Å². The number of hydrogen-bond donors (Lipinski definition) is 0. The van der Waals surface area contributed by atoms with Crippen LogP contribution in [0.25, 0.3) is 0 Å². The highest BCUT2D eigenvalue weighted by Gasteiger charge is 2.25. The summed E-state index contributed by atoms with van der Waals surface area (Å²) in [6, 6.07) is -0.803. The normalized spacial score (nSPS) is 16.3. The van der Waals surface area contributed by atoms with Gasteiger partial charge in [-0.05, 0) is 18.6 Å². The molecule has 0 aliphatic heterocycles. The fraction of sp³-hybridized carbons (Fsp3) is 1.00. The van der Waals surface area contributed by atoms with Crippen molar-refractivity contribution >= 4 is 78.8 Å². The molecular weight excluding hydrogens is 331 g/mol. The van der Waals surface area contributed by atoms with E-state index in [2.05, 4.69) is 6.55 Å². The lowest BCUT2D eigenvalue weighted by molar-refractivity contribution is 0.433. The second-order valence-corrected chi connectivity index (χ2v) is 20.1. The van der Waals surface area contributed by atoms with Gasteiger partial charge in [-0.2, -0.15) is 0 Å². The second kappa shape index (κ2) is 8.93. The molecule has 0 bridgehead atoms. The summed E-state index contributed by atoms with van der Waals surface area (Å²) < 4.78 is 15.9. The zero-order valence-electron chi connectivity index (χ0n) is 8.26. The molecule has 3 nitrogen and oxygen atoms in total. The Bertz CT molecular complexity index is 146. The van der Waals surface area contributed by atoms with Crippen LogP contribution in [0.5, 0.6) is 0 Å². The Hall–Kier alpha value is 1.83. The summed E-state index contributed by atoms with van der Waals surface area (Å²) in [4.78, 5) is 0. The van der Waals surface area contributed by atoms with Crippen molar-refractivity contribution in [2.45, 2.75) is 18.6 Å². The Kier molecular flexibility index (Phi) is 10.1. The van der Waals surface area contributed by atoms with E-state index >= 15 is 0 Å². The fourth-order valence-corrected chi connectivity index (χ4v) is 11.9. The van der Waals surface area contributed by atoms with Gasteiger partial charge in [0.15, 0.2) is 9.04 Å². The van der Waals surface area contributed by atoms with Gasteiger partial charge in [0.2, 0.25) is 0 Å². The summed E-state index contributed by atoms with van der Waals surface area (Å²) in [6.45, 7) is 2.12. The van der Waals surface area contributed by atoms with Gasteiger partial charge in [-0.1, -0.05) is 0 Å². The molecule has 0 saturated heterocycles. The predicted octanol–water partition coefficient (Wildman–Crippen LogP) is -0.677. The van der Waals surface area contributed by atoms with Gasteiger partial charge in [-0.3, -0.25) is 0 Å². The molecule has 0 saturated carbocycles. The van der Waals surface area contributed by atoms with Gasteiger partial charge in [0.1, 0.15) is 10.5 Å². The van der Waals surface area contributed by atoms with Gasteiger partial charge in [-0.25, -0.2) is 0 Å². The molecule has 0 aromatic heterocycles. The molecule has 0 aliphatic carbocycles. The van der Waals surface area contributed by atoms with E-state index in [4.69, 9.17) is 45.6 Å². The molecule has 86 valence electrons. The standard InChI is InChI=1S/C3H15Cl3O3Si5/c1-13(2-3-14(4,5)6)9-12-8-11-7-10/h13H,2-3,11-12H2,1,10H3. The smallest absolute Gasteiger partial charge is 0.341 e. The first-order valence-corrected chi connectivity index (χ1v) is 15.0. The molecule has 0 aromatic rings. The van der Waals surface area contributed by atoms with Gasteiger partial charge in [0.25, 0.3) is 20.0 Å². The largest absolute Gasteiger partial charge is 0.449 e. The van der Waals surface area contributed by atoms with Crippen molar-refractivity contribution in [3.63, 3.8) is 0 Å². The minimum atomic E-state index is -2.44. The first-order chi connectivity index (χ1) is 6.45. The minimum absolute atomic E-state index is 0.702. The average Bonchev–Trinajstić information content (AvgIpc) is 2.08. The van der Waals surface area contributed by atoms with Crippen molar-refractivity contribution in [2.75, 3.05) is 0 Å². The second-order valence-electron chi connectivity index (χ2n) is 2.86. The first-order valence-electron chi connectivity index (χ1n) is 4.20. The topological polar surface area (TPSA) is 27.7 Å². The average molecular weight is 346 g/mol. The zero-order valence-corrected chi connectivity index (χ0v) is 17.5. The molecule has 11 heteroatoms. The minimum Gasteiger partial charge on any atom is -0.449 e. The van der Waals surface area contributed by atoms with Crippen LogP contribution < -0.4 is 0 Å². The van der Waals surface area contributed by atoms with E-state index in [1.54, 1.807) is 0 Å².